The Bertz CT molecular complexity index is 801. The van der Waals surface area contributed by atoms with Gasteiger partial charge in [-0.05, 0) is 49.2 Å². The van der Waals surface area contributed by atoms with Crippen LogP contribution in [0.15, 0.2) is 42.5 Å². The lowest BCUT2D eigenvalue weighted by molar-refractivity contribution is 0.191. The van der Waals surface area contributed by atoms with Crippen molar-refractivity contribution in [1.29, 1.82) is 0 Å². The first-order chi connectivity index (χ1) is 13.6. The molecule has 28 heavy (non-hydrogen) atoms. The second kappa shape index (κ2) is 9.35. The number of amides is 2. The highest BCUT2D eigenvalue weighted by Crippen LogP contribution is 2.28. The minimum absolute atomic E-state index is 0.0386. The molecule has 1 fully saturated rings. The molecule has 2 aromatic rings. The molecule has 0 spiro atoms. The van der Waals surface area contributed by atoms with Crippen molar-refractivity contribution in [2.75, 3.05) is 51.3 Å². The summed E-state index contributed by atoms with van der Waals surface area (Å²) in [7, 11) is 1.68. The molecular weight excluding hydrogens is 354 g/mol. The summed E-state index contributed by atoms with van der Waals surface area (Å²) in [5.41, 5.74) is 3.52. The predicted octanol–water partition coefficient (Wildman–Crippen LogP) is 3.22. The number of urea groups is 1. The van der Waals surface area contributed by atoms with Gasteiger partial charge in [0.05, 0.1) is 19.3 Å². The molecule has 1 heterocycles. The van der Waals surface area contributed by atoms with Crippen LogP contribution in [0.1, 0.15) is 11.1 Å². The molecule has 3 rings (SSSR count). The number of nitrogens with one attached hydrogen (secondary N) is 1. The van der Waals surface area contributed by atoms with Gasteiger partial charge in [-0.15, -0.1) is 0 Å². The van der Waals surface area contributed by atoms with Crippen molar-refractivity contribution in [1.82, 2.24) is 10.2 Å². The number of hydrogen-bond acceptors (Lipinski definition) is 4. The summed E-state index contributed by atoms with van der Waals surface area (Å²) in [5.74, 6) is 1.70. The maximum absolute atomic E-state index is 12.4. The maximum atomic E-state index is 12.4. The number of methoxy groups -OCH3 is 1. The number of nitrogens with zero attached hydrogens (tertiary/aromatic N) is 2. The Morgan fingerprint density at radius 1 is 1.04 bits per heavy atom. The van der Waals surface area contributed by atoms with E-state index >= 15 is 0 Å². The van der Waals surface area contributed by atoms with E-state index in [0.29, 0.717) is 26.2 Å². The summed E-state index contributed by atoms with van der Waals surface area (Å²) in [5, 5.41) is 2.94. The average molecular weight is 383 g/mol. The molecule has 1 aliphatic rings. The fourth-order valence-corrected chi connectivity index (χ4v) is 3.28. The third kappa shape index (κ3) is 4.88. The van der Waals surface area contributed by atoms with Crippen molar-refractivity contribution in [2.45, 2.75) is 13.8 Å². The number of aryl methyl sites for hydroxylation is 2. The minimum atomic E-state index is -0.0386. The van der Waals surface area contributed by atoms with Crippen molar-refractivity contribution in [3.8, 4) is 11.5 Å². The number of piperazine rings is 1. The van der Waals surface area contributed by atoms with E-state index in [-0.39, 0.29) is 6.03 Å². The van der Waals surface area contributed by atoms with Crippen LogP contribution in [0.2, 0.25) is 0 Å². The van der Waals surface area contributed by atoms with Crippen LogP contribution in [0, 0.1) is 13.8 Å². The Balaban J connectivity index is 1.41. The number of hydrogen-bond donors (Lipinski definition) is 1. The molecule has 0 bridgehead atoms. The van der Waals surface area contributed by atoms with Gasteiger partial charge in [-0.1, -0.05) is 18.2 Å². The molecule has 1 N–H and O–H groups in total. The molecule has 0 aromatic heterocycles. The molecule has 6 heteroatoms. The molecule has 0 saturated carbocycles. The van der Waals surface area contributed by atoms with Gasteiger partial charge in [-0.3, -0.25) is 0 Å². The molecular formula is C22H29N3O3. The van der Waals surface area contributed by atoms with Crippen LogP contribution in [-0.2, 0) is 0 Å². The fourth-order valence-electron chi connectivity index (χ4n) is 3.28. The first-order valence-corrected chi connectivity index (χ1v) is 9.69. The van der Waals surface area contributed by atoms with Gasteiger partial charge in [0.15, 0.2) is 0 Å². The second-order valence-electron chi connectivity index (χ2n) is 6.97. The average Bonchev–Trinajstić information content (AvgIpc) is 2.73. The van der Waals surface area contributed by atoms with Crippen molar-refractivity contribution in [3.63, 3.8) is 0 Å². The lowest BCUT2D eigenvalue weighted by atomic mass is 10.1. The summed E-state index contributed by atoms with van der Waals surface area (Å²) in [6, 6.07) is 14.0. The van der Waals surface area contributed by atoms with Crippen molar-refractivity contribution in [2.24, 2.45) is 0 Å². The SMILES string of the molecule is COc1ccccc1N1CCN(C(=O)NCCOc2ccc(C)c(C)c2)CC1. The Morgan fingerprint density at radius 3 is 2.50 bits per heavy atom. The van der Waals surface area contributed by atoms with Crippen molar-refractivity contribution in [3.05, 3.63) is 53.6 Å². The van der Waals surface area contributed by atoms with Crippen LogP contribution in [0.3, 0.4) is 0 Å². The molecule has 0 atom stereocenters. The molecule has 2 aromatic carbocycles. The van der Waals surface area contributed by atoms with Gasteiger partial charge in [0.2, 0.25) is 0 Å². The predicted molar refractivity (Wildman–Crippen MR) is 112 cm³/mol. The van der Waals surface area contributed by atoms with Gasteiger partial charge in [0.25, 0.3) is 0 Å². The summed E-state index contributed by atoms with van der Waals surface area (Å²) in [6.07, 6.45) is 0. The molecule has 1 saturated heterocycles. The number of carbonyl (C=O) groups is 1. The molecule has 0 unspecified atom stereocenters. The van der Waals surface area contributed by atoms with E-state index in [2.05, 4.69) is 30.1 Å². The highest BCUT2D eigenvalue weighted by atomic mass is 16.5. The first kappa shape index (κ1) is 19.9. The zero-order valence-corrected chi connectivity index (χ0v) is 16.9. The first-order valence-electron chi connectivity index (χ1n) is 9.69. The quantitative estimate of drug-likeness (QED) is 0.778. The van der Waals surface area contributed by atoms with Crippen molar-refractivity contribution < 1.29 is 14.3 Å². The van der Waals surface area contributed by atoms with Crippen LogP contribution < -0.4 is 19.7 Å². The topological polar surface area (TPSA) is 54.0 Å². The molecule has 1 aliphatic heterocycles. The number of rotatable bonds is 6. The second-order valence-corrected chi connectivity index (χ2v) is 6.97. The third-order valence-corrected chi connectivity index (χ3v) is 5.12. The van der Waals surface area contributed by atoms with Gasteiger partial charge < -0.3 is 24.6 Å². The maximum Gasteiger partial charge on any atom is 0.317 e. The smallest absolute Gasteiger partial charge is 0.317 e. The molecule has 6 nitrogen and oxygen atoms in total. The molecule has 2 amide bonds. The van der Waals surface area contributed by atoms with E-state index in [1.165, 1.54) is 11.1 Å². The normalized spacial score (nSPS) is 14.0. The zero-order chi connectivity index (χ0) is 19.9. The zero-order valence-electron chi connectivity index (χ0n) is 16.9. The van der Waals surface area contributed by atoms with E-state index in [1.807, 2.05) is 41.3 Å². The highest BCUT2D eigenvalue weighted by Gasteiger charge is 2.22. The van der Waals surface area contributed by atoms with Crippen LogP contribution in [0.25, 0.3) is 0 Å². The van der Waals surface area contributed by atoms with Crippen LogP contribution >= 0.6 is 0 Å². The lowest BCUT2D eigenvalue weighted by Gasteiger charge is -2.36. The number of benzene rings is 2. The van der Waals surface area contributed by atoms with E-state index < -0.39 is 0 Å². The standard InChI is InChI=1S/C22H29N3O3/c1-17-8-9-19(16-18(17)2)28-15-10-23-22(26)25-13-11-24(12-14-25)20-6-4-5-7-21(20)27-3/h4-9,16H,10-15H2,1-3H3,(H,23,26). The van der Waals surface area contributed by atoms with Gasteiger partial charge in [0, 0.05) is 26.2 Å². The highest BCUT2D eigenvalue weighted by molar-refractivity contribution is 5.74. The molecule has 0 aliphatic carbocycles. The number of para-hydroxylation sites is 2. The minimum Gasteiger partial charge on any atom is -0.495 e. The summed E-state index contributed by atoms with van der Waals surface area (Å²) < 4.78 is 11.2. The summed E-state index contributed by atoms with van der Waals surface area (Å²) >= 11 is 0. The van der Waals surface area contributed by atoms with Gasteiger partial charge >= 0.3 is 6.03 Å². The van der Waals surface area contributed by atoms with Gasteiger partial charge in [-0.25, -0.2) is 4.79 Å². The van der Waals surface area contributed by atoms with Gasteiger partial charge in [0.1, 0.15) is 18.1 Å². The lowest BCUT2D eigenvalue weighted by Crippen LogP contribution is -2.52. The van der Waals surface area contributed by atoms with Gasteiger partial charge in [-0.2, -0.15) is 0 Å². The van der Waals surface area contributed by atoms with E-state index in [1.54, 1.807) is 7.11 Å². The summed E-state index contributed by atoms with van der Waals surface area (Å²) in [4.78, 5) is 16.5. The van der Waals surface area contributed by atoms with Crippen LogP contribution in [0.4, 0.5) is 10.5 Å². The largest absolute Gasteiger partial charge is 0.495 e. The van der Waals surface area contributed by atoms with E-state index in [4.69, 9.17) is 9.47 Å². The van der Waals surface area contributed by atoms with Crippen LogP contribution in [-0.4, -0.2) is 57.4 Å². The van der Waals surface area contributed by atoms with E-state index in [9.17, 15) is 4.79 Å². The van der Waals surface area contributed by atoms with E-state index in [0.717, 1.165) is 30.3 Å². The number of carbonyl (C=O) groups excluding carboxylic acids is 1. The molecule has 0 radical (unpaired) electrons. The Labute approximate surface area is 167 Å². The third-order valence-electron chi connectivity index (χ3n) is 5.12. The number of ether oxygens (including phenoxy) is 2. The Hall–Kier alpha value is -2.89. The van der Waals surface area contributed by atoms with Crippen molar-refractivity contribution >= 4 is 11.7 Å². The summed E-state index contributed by atoms with van der Waals surface area (Å²) in [6.45, 7) is 8.01. The Kier molecular flexibility index (Phi) is 6.63. The Morgan fingerprint density at radius 2 is 1.79 bits per heavy atom. The molecule has 150 valence electrons. The monoisotopic (exact) mass is 383 g/mol. The fraction of sp³-hybridized carbons (Fsp3) is 0.409. The number of anilines is 1. The van der Waals surface area contributed by atoms with Crippen LogP contribution in [0.5, 0.6) is 11.5 Å².